The van der Waals surface area contributed by atoms with Crippen molar-refractivity contribution in [2.45, 2.75) is 53.6 Å². The van der Waals surface area contributed by atoms with Gasteiger partial charge in [-0.25, -0.2) is 4.39 Å². The Labute approximate surface area is 225 Å². The average molecular weight is 532 g/mol. The molecule has 37 heavy (non-hydrogen) atoms. The monoisotopic (exact) mass is 531 g/mol. The number of thiophene rings is 1. The van der Waals surface area contributed by atoms with Crippen LogP contribution in [0.2, 0.25) is 0 Å². The van der Waals surface area contributed by atoms with Gasteiger partial charge in [0.05, 0.1) is 26.3 Å². The van der Waals surface area contributed by atoms with Gasteiger partial charge in [-0.15, -0.1) is 11.3 Å². The molecular weight excluding hydrogens is 489 g/mol. The van der Waals surface area contributed by atoms with E-state index in [1.807, 2.05) is 17.5 Å². The van der Waals surface area contributed by atoms with Gasteiger partial charge >= 0.3 is 0 Å². The molecule has 0 radical (unpaired) electrons. The van der Waals surface area contributed by atoms with E-state index < -0.39 is 0 Å². The maximum atomic E-state index is 13.7. The molecule has 2 amide bonds. The molecule has 2 aromatic rings. The molecule has 1 aliphatic rings. The summed E-state index contributed by atoms with van der Waals surface area (Å²) in [6.45, 7) is 13.8. The Morgan fingerprint density at radius 3 is 2.38 bits per heavy atom. The Morgan fingerprint density at radius 2 is 1.76 bits per heavy atom. The summed E-state index contributed by atoms with van der Waals surface area (Å²) in [5.41, 5.74) is 0.997. The lowest BCUT2D eigenvalue weighted by Gasteiger charge is -2.32. The summed E-state index contributed by atoms with van der Waals surface area (Å²) in [5.74, 6) is -0.146. The van der Waals surface area contributed by atoms with E-state index in [-0.39, 0.29) is 35.5 Å². The van der Waals surface area contributed by atoms with Crippen molar-refractivity contribution in [1.82, 2.24) is 14.7 Å². The highest BCUT2D eigenvalue weighted by molar-refractivity contribution is 7.09. The van der Waals surface area contributed by atoms with Crippen LogP contribution in [-0.4, -0.2) is 72.5 Å². The Balaban J connectivity index is 1.72. The molecule has 1 saturated heterocycles. The second-order valence-corrected chi connectivity index (χ2v) is 12.3. The number of carbonyl (C=O) groups excluding carboxylic acids is 2. The van der Waals surface area contributed by atoms with Crippen LogP contribution in [0.4, 0.5) is 4.39 Å². The summed E-state index contributed by atoms with van der Waals surface area (Å²) in [4.78, 5) is 34.0. The first-order valence-corrected chi connectivity index (χ1v) is 14.1. The van der Waals surface area contributed by atoms with Gasteiger partial charge < -0.3 is 14.5 Å². The largest absolute Gasteiger partial charge is 0.379 e. The quantitative estimate of drug-likeness (QED) is 0.385. The van der Waals surface area contributed by atoms with E-state index in [0.717, 1.165) is 36.5 Å². The number of halogens is 1. The smallest absolute Gasteiger partial charge is 0.242 e. The maximum absolute atomic E-state index is 13.7. The maximum Gasteiger partial charge on any atom is 0.242 e. The van der Waals surface area contributed by atoms with Gasteiger partial charge in [-0.2, -0.15) is 0 Å². The molecule has 1 aliphatic heterocycles. The molecule has 0 bridgehead atoms. The van der Waals surface area contributed by atoms with E-state index in [4.69, 9.17) is 4.74 Å². The molecule has 0 N–H and O–H groups in total. The number of morpholine rings is 1. The van der Waals surface area contributed by atoms with Crippen LogP contribution in [-0.2, 0) is 27.4 Å². The minimum Gasteiger partial charge on any atom is -0.379 e. The SMILES string of the molecule is CC(CC(=O)N(CCN1CCOCC1)CC(=O)N(Cc1ccc(F)cc1)Cc1cccs1)CC(C)(C)C. The summed E-state index contributed by atoms with van der Waals surface area (Å²) in [6.07, 6.45) is 1.37. The molecule has 2 heterocycles. The molecule has 0 saturated carbocycles. The fourth-order valence-electron chi connectivity index (χ4n) is 4.82. The lowest BCUT2D eigenvalue weighted by Crippen LogP contribution is -2.47. The van der Waals surface area contributed by atoms with Crippen molar-refractivity contribution in [3.05, 3.63) is 58.0 Å². The third kappa shape index (κ3) is 10.5. The number of carbonyl (C=O) groups is 2. The van der Waals surface area contributed by atoms with Crippen molar-refractivity contribution in [2.24, 2.45) is 11.3 Å². The predicted molar refractivity (Wildman–Crippen MR) is 147 cm³/mol. The molecule has 1 aromatic heterocycles. The first-order valence-electron chi connectivity index (χ1n) is 13.2. The summed E-state index contributed by atoms with van der Waals surface area (Å²) in [6, 6.07) is 10.2. The minimum absolute atomic E-state index is 0.0243. The van der Waals surface area contributed by atoms with Gasteiger partial charge in [-0.1, -0.05) is 45.9 Å². The van der Waals surface area contributed by atoms with Gasteiger partial charge in [0, 0.05) is 44.0 Å². The number of amides is 2. The number of hydrogen-bond donors (Lipinski definition) is 0. The van der Waals surface area contributed by atoms with Gasteiger partial charge in [-0.05, 0) is 46.9 Å². The Kier molecular flexibility index (Phi) is 11.1. The van der Waals surface area contributed by atoms with Crippen LogP contribution < -0.4 is 0 Å². The molecule has 3 rings (SSSR count). The molecule has 6 nitrogen and oxygen atoms in total. The van der Waals surface area contributed by atoms with Crippen LogP contribution in [0.1, 0.15) is 51.0 Å². The van der Waals surface area contributed by atoms with Crippen molar-refractivity contribution < 1.29 is 18.7 Å². The molecule has 8 heteroatoms. The van der Waals surface area contributed by atoms with Crippen LogP contribution in [0.25, 0.3) is 0 Å². The Hall–Kier alpha value is -2.29. The van der Waals surface area contributed by atoms with Crippen LogP contribution in [0, 0.1) is 17.2 Å². The highest BCUT2D eigenvalue weighted by atomic mass is 32.1. The van der Waals surface area contributed by atoms with Gasteiger partial charge in [-0.3, -0.25) is 14.5 Å². The number of ether oxygens (including phenoxy) is 1. The molecule has 204 valence electrons. The summed E-state index contributed by atoms with van der Waals surface area (Å²) < 4.78 is 18.9. The Bertz CT molecular complexity index is 969. The highest BCUT2D eigenvalue weighted by Crippen LogP contribution is 2.26. The normalized spacial score (nSPS) is 15.4. The van der Waals surface area contributed by atoms with E-state index in [1.54, 1.807) is 33.3 Å². The summed E-state index contributed by atoms with van der Waals surface area (Å²) in [5, 5.41) is 1.99. The van der Waals surface area contributed by atoms with Crippen LogP contribution >= 0.6 is 11.3 Å². The number of rotatable bonds is 12. The standard InChI is InChI=1S/C29H42FN3O3S/c1-23(19-29(2,3)4)18-27(34)32(12-11-31-13-15-36-16-14-31)22-28(35)33(21-26-6-5-17-37-26)20-24-7-9-25(30)10-8-24/h5-10,17,23H,11-16,18-22H2,1-4H3. The van der Waals surface area contributed by atoms with E-state index in [1.165, 1.54) is 12.1 Å². The van der Waals surface area contributed by atoms with E-state index in [9.17, 15) is 14.0 Å². The number of nitrogens with zero attached hydrogens (tertiary/aromatic N) is 3. The predicted octanol–water partition coefficient (Wildman–Crippen LogP) is 5.04. The zero-order valence-corrected chi connectivity index (χ0v) is 23.6. The van der Waals surface area contributed by atoms with Gasteiger partial charge in [0.25, 0.3) is 0 Å². The zero-order chi connectivity index (χ0) is 26.8. The average Bonchev–Trinajstić information content (AvgIpc) is 3.35. The van der Waals surface area contributed by atoms with Crippen molar-refractivity contribution in [1.29, 1.82) is 0 Å². The van der Waals surface area contributed by atoms with Crippen LogP contribution in [0.5, 0.6) is 0 Å². The first-order chi connectivity index (χ1) is 17.6. The van der Waals surface area contributed by atoms with Crippen molar-refractivity contribution in [3.63, 3.8) is 0 Å². The molecule has 1 unspecified atom stereocenters. The van der Waals surface area contributed by atoms with Crippen molar-refractivity contribution >= 4 is 23.2 Å². The molecule has 0 aliphatic carbocycles. The van der Waals surface area contributed by atoms with E-state index >= 15 is 0 Å². The van der Waals surface area contributed by atoms with E-state index in [0.29, 0.717) is 39.3 Å². The van der Waals surface area contributed by atoms with Gasteiger partial charge in [0.1, 0.15) is 5.82 Å². The van der Waals surface area contributed by atoms with Crippen molar-refractivity contribution in [3.8, 4) is 0 Å². The third-order valence-corrected chi connectivity index (χ3v) is 7.38. The van der Waals surface area contributed by atoms with Crippen LogP contribution in [0.3, 0.4) is 0 Å². The molecule has 1 atom stereocenters. The second kappa shape index (κ2) is 14.0. The summed E-state index contributed by atoms with van der Waals surface area (Å²) >= 11 is 1.60. The third-order valence-electron chi connectivity index (χ3n) is 6.52. The zero-order valence-electron chi connectivity index (χ0n) is 22.7. The van der Waals surface area contributed by atoms with E-state index in [2.05, 4.69) is 32.6 Å². The molecule has 0 spiro atoms. The molecule has 1 aromatic carbocycles. The highest BCUT2D eigenvalue weighted by Gasteiger charge is 2.25. The summed E-state index contributed by atoms with van der Waals surface area (Å²) in [7, 11) is 0. The lowest BCUT2D eigenvalue weighted by atomic mass is 9.84. The number of benzene rings is 1. The Morgan fingerprint density at radius 1 is 1.05 bits per heavy atom. The fourth-order valence-corrected chi connectivity index (χ4v) is 5.54. The number of hydrogen-bond acceptors (Lipinski definition) is 5. The lowest BCUT2D eigenvalue weighted by molar-refractivity contribution is -0.142. The van der Waals surface area contributed by atoms with Gasteiger partial charge in [0.15, 0.2) is 0 Å². The van der Waals surface area contributed by atoms with Gasteiger partial charge in [0.2, 0.25) is 11.8 Å². The first kappa shape index (κ1) is 29.3. The van der Waals surface area contributed by atoms with Crippen molar-refractivity contribution in [2.75, 3.05) is 45.9 Å². The topological polar surface area (TPSA) is 53.1 Å². The molecular formula is C29H42FN3O3S. The molecule has 1 fully saturated rings. The minimum atomic E-state index is -0.302. The van der Waals surface area contributed by atoms with Crippen LogP contribution in [0.15, 0.2) is 41.8 Å². The fraction of sp³-hybridized carbons (Fsp3) is 0.586. The second-order valence-electron chi connectivity index (χ2n) is 11.3.